The second-order valence-electron chi connectivity index (χ2n) is 6.82. The standard InChI is InChI=1S/C18H26N4/c1-18(2)10-8-16(9-11-18)22-17(20-3)21-13-15-6-4-14(12-19)5-7-15/h4-7,16H,8-11,13H2,1-3H3,(H2,20,21,22). The number of nitrogens with zero attached hydrogens (tertiary/aromatic N) is 2. The van der Waals surface area contributed by atoms with Gasteiger partial charge in [0.1, 0.15) is 0 Å². The van der Waals surface area contributed by atoms with Gasteiger partial charge >= 0.3 is 0 Å². The highest BCUT2D eigenvalue weighted by molar-refractivity contribution is 5.79. The molecule has 0 aliphatic heterocycles. The summed E-state index contributed by atoms with van der Waals surface area (Å²) in [7, 11) is 1.81. The highest BCUT2D eigenvalue weighted by Crippen LogP contribution is 2.34. The van der Waals surface area contributed by atoms with Crippen LogP contribution >= 0.6 is 0 Å². The molecular weight excluding hydrogens is 272 g/mol. The molecule has 0 unspecified atom stereocenters. The van der Waals surface area contributed by atoms with E-state index in [0.717, 1.165) is 11.5 Å². The number of rotatable bonds is 3. The molecule has 1 saturated carbocycles. The smallest absolute Gasteiger partial charge is 0.191 e. The predicted octanol–water partition coefficient (Wildman–Crippen LogP) is 3.19. The van der Waals surface area contributed by atoms with Crippen molar-refractivity contribution < 1.29 is 0 Å². The number of hydrogen-bond acceptors (Lipinski definition) is 2. The van der Waals surface area contributed by atoms with Crippen molar-refractivity contribution in [3.63, 3.8) is 0 Å². The van der Waals surface area contributed by atoms with Crippen LogP contribution in [0.15, 0.2) is 29.3 Å². The van der Waals surface area contributed by atoms with E-state index in [-0.39, 0.29) is 0 Å². The highest BCUT2D eigenvalue weighted by Gasteiger charge is 2.27. The first-order valence-corrected chi connectivity index (χ1v) is 7.99. The maximum atomic E-state index is 8.81. The van der Waals surface area contributed by atoms with E-state index in [9.17, 15) is 0 Å². The van der Waals surface area contributed by atoms with E-state index in [0.29, 0.717) is 23.6 Å². The molecule has 1 fully saturated rings. The molecule has 2 N–H and O–H groups in total. The van der Waals surface area contributed by atoms with Crippen LogP contribution in [0.1, 0.15) is 50.7 Å². The molecule has 0 radical (unpaired) electrons. The van der Waals surface area contributed by atoms with Crippen LogP contribution in [0, 0.1) is 16.7 Å². The van der Waals surface area contributed by atoms with Crippen molar-refractivity contribution in [1.29, 1.82) is 5.26 Å². The largest absolute Gasteiger partial charge is 0.354 e. The number of hydrogen-bond donors (Lipinski definition) is 2. The summed E-state index contributed by atoms with van der Waals surface area (Å²) < 4.78 is 0. The summed E-state index contributed by atoms with van der Waals surface area (Å²) in [6.45, 7) is 5.41. The predicted molar refractivity (Wildman–Crippen MR) is 90.5 cm³/mol. The molecule has 22 heavy (non-hydrogen) atoms. The van der Waals surface area contributed by atoms with E-state index in [1.54, 1.807) is 7.05 Å². The average molecular weight is 298 g/mol. The van der Waals surface area contributed by atoms with E-state index in [1.165, 1.54) is 25.7 Å². The lowest BCUT2D eigenvalue weighted by Crippen LogP contribution is -2.45. The fourth-order valence-corrected chi connectivity index (χ4v) is 2.81. The molecule has 0 aromatic heterocycles. The van der Waals surface area contributed by atoms with Gasteiger partial charge in [0.25, 0.3) is 0 Å². The molecule has 1 aromatic carbocycles. The Morgan fingerprint density at radius 3 is 2.45 bits per heavy atom. The molecule has 0 amide bonds. The van der Waals surface area contributed by atoms with Gasteiger partial charge in [0, 0.05) is 19.6 Å². The van der Waals surface area contributed by atoms with E-state index >= 15 is 0 Å². The van der Waals surface area contributed by atoms with Crippen molar-refractivity contribution in [1.82, 2.24) is 10.6 Å². The summed E-state index contributed by atoms with van der Waals surface area (Å²) in [5.74, 6) is 0.856. The first kappa shape index (κ1) is 16.4. The second-order valence-corrected chi connectivity index (χ2v) is 6.82. The van der Waals surface area contributed by atoms with Crippen LogP contribution in [0.25, 0.3) is 0 Å². The summed E-state index contributed by atoms with van der Waals surface area (Å²) in [5, 5.41) is 15.7. The highest BCUT2D eigenvalue weighted by atomic mass is 15.2. The normalized spacial score (nSPS) is 18.5. The van der Waals surface area contributed by atoms with E-state index in [4.69, 9.17) is 5.26 Å². The summed E-state index contributed by atoms with van der Waals surface area (Å²) in [4.78, 5) is 4.31. The summed E-state index contributed by atoms with van der Waals surface area (Å²) >= 11 is 0. The number of nitriles is 1. The molecule has 0 bridgehead atoms. The van der Waals surface area contributed by atoms with Crippen LogP contribution in [0.4, 0.5) is 0 Å². The molecule has 118 valence electrons. The summed E-state index contributed by atoms with van der Waals surface area (Å²) in [6.07, 6.45) is 4.92. The summed E-state index contributed by atoms with van der Waals surface area (Å²) in [5.41, 5.74) is 2.32. The maximum Gasteiger partial charge on any atom is 0.191 e. The number of nitrogens with one attached hydrogen (secondary N) is 2. The fraction of sp³-hybridized carbons (Fsp3) is 0.556. The van der Waals surface area contributed by atoms with Gasteiger partial charge in [-0.3, -0.25) is 4.99 Å². The van der Waals surface area contributed by atoms with Crippen LogP contribution in [-0.2, 0) is 6.54 Å². The zero-order valence-electron chi connectivity index (χ0n) is 13.8. The lowest BCUT2D eigenvalue weighted by Gasteiger charge is -2.35. The Morgan fingerprint density at radius 2 is 1.91 bits per heavy atom. The minimum absolute atomic E-state index is 0.484. The minimum atomic E-state index is 0.484. The topological polar surface area (TPSA) is 60.2 Å². The second kappa shape index (κ2) is 7.31. The van der Waals surface area contributed by atoms with Crippen LogP contribution in [0.2, 0.25) is 0 Å². The third-order valence-corrected chi connectivity index (χ3v) is 4.45. The zero-order chi connectivity index (χ0) is 16.0. The van der Waals surface area contributed by atoms with Crippen molar-refractivity contribution in [3.8, 4) is 6.07 Å². The molecule has 4 heteroatoms. The van der Waals surface area contributed by atoms with Crippen LogP contribution in [0.5, 0.6) is 0 Å². The van der Waals surface area contributed by atoms with Gasteiger partial charge in [0.15, 0.2) is 5.96 Å². The van der Waals surface area contributed by atoms with Crippen LogP contribution in [0.3, 0.4) is 0 Å². The Morgan fingerprint density at radius 1 is 1.27 bits per heavy atom. The first-order valence-electron chi connectivity index (χ1n) is 7.99. The Kier molecular flexibility index (Phi) is 5.43. The van der Waals surface area contributed by atoms with Gasteiger partial charge in [0.2, 0.25) is 0 Å². The Hall–Kier alpha value is -2.02. The number of guanidine groups is 1. The SMILES string of the molecule is CN=C(NCc1ccc(C#N)cc1)NC1CCC(C)(C)CC1. The van der Waals surface area contributed by atoms with Crippen LogP contribution in [-0.4, -0.2) is 19.0 Å². The Balaban J connectivity index is 1.81. The molecule has 4 nitrogen and oxygen atoms in total. The fourth-order valence-electron chi connectivity index (χ4n) is 2.81. The van der Waals surface area contributed by atoms with Crippen molar-refractivity contribution in [2.24, 2.45) is 10.4 Å². The molecule has 0 atom stereocenters. The van der Waals surface area contributed by atoms with Crippen LogP contribution < -0.4 is 10.6 Å². The molecule has 1 aliphatic carbocycles. The molecular formula is C18H26N4. The Bertz CT molecular complexity index is 541. The summed E-state index contributed by atoms with van der Waals surface area (Å²) in [6, 6.07) is 10.3. The molecule has 1 aliphatic rings. The molecule has 1 aromatic rings. The average Bonchev–Trinajstić information content (AvgIpc) is 2.53. The number of benzene rings is 1. The lowest BCUT2D eigenvalue weighted by molar-refractivity contribution is 0.216. The first-order chi connectivity index (χ1) is 10.5. The zero-order valence-corrected chi connectivity index (χ0v) is 13.8. The third kappa shape index (κ3) is 4.77. The van der Waals surface area contributed by atoms with E-state index < -0.39 is 0 Å². The minimum Gasteiger partial charge on any atom is -0.354 e. The van der Waals surface area contributed by atoms with E-state index in [1.807, 2.05) is 24.3 Å². The molecule has 2 rings (SSSR count). The molecule has 0 spiro atoms. The van der Waals surface area contributed by atoms with Crippen molar-refractivity contribution in [2.45, 2.75) is 52.1 Å². The van der Waals surface area contributed by atoms with Gasteiger partial charge in [-0.2, -0.15) is 5.26 Å². The molecule has 0 saturated heterocycles. The van der Waals surface area contributed by atoms with Gasteiger partial charge in [-0.1, -0.05) is 26.0 Å². The van der Waals surface area contributed by atoms with E-state index in [2.05, 4.69) is 35.5 Å². The quantitative estimate of drug-likeness (QED) is 0.665. The lowest BCUT2D eigenvalue weighted by atomic mass is 9.75. The van der Waals surface area contributed by atoms with Crippen molar-refractivity contribution >= 4 is 5.96 Å². The van der Waals surface area contributed by atoms with Crippen molar-refractivity contribution in [3.05, 3.63) is 35.4 Å². The maximum absolute atomic E-state index is 8.81. The van der Waals surface area contributed by atoms with Gasteiger partial charge in [-0.25, -0.2) is 0 Å². The third-order valence-electron chi connectivity index (χ3n) is 4.45. The van der Waals surface area contributed by atoms with Gasteiger partial charge in [-0.05, 0) is 48.8 Å². The van der Waals surface area contributed by atoms with Gasteiger partial charge in [-0.15, -0.1) is 0 Å². The molecule has 0 heterocycles. The monoisotopic (exact) mass is 298 g/mol. The van der Waals surface area contributed by atoms with Gasteiger partial charge < -0.3 is 10.6 Å². The Labute approximate surface area is 133 Å². The van der Waals surface area contributed by atoms with Gasteiger partial charge in [0.05, 0.1) is 11.6 Å². The van der Waals surface area contributed by atoms with Crippen molar-refractivity contribution in [2.75, 3.05) is 7.05 Å². The number of aliphatic imine (C=N–C) groups is 1.